The molecule has 1 aromatic carbocycles. The molecule has 1 fully saturated rings. The van der Waals surface area contributed by atoms with Crippen molar-refractivity contribution in [1.29, 1.82) is 0 Å². The fraction of sp³-hybridized carbons (Fsp3) is 0.571. The molecule has 1 aliphatic heterocycles. The molecule has 5 heteroatoms. The maximum absolute atomic E-state index is 12.0. The van der Waals surface area contributed by atoms with E-state index in [0.29, 0.717) is 0 Å². The third kappa shape index (κ3) is 3.78. The van der Waals surface area contributed by atoms with Gasteiger partial charge in [-0.05, 0) is 19.1 Å². The van der Waals surface area contributed by atoms with E-state index in [2.05, 4.69) is 7.05 Å². The molecule has 0 N–H and O–H groups in total. The van der Waals surface area contributed by atoms with Crippen molar-refractivity contribution in [3.8, 4) is 0 Å². The fourth-order valence-electron chi connectivity index (χ4n) is 2.46. The van der Waals surface area contributed by atoms with Crippen LogP contribution in [-0.4, -0.2) is 46.2 Å². The zero-order valence-electron chi connectivity index (χ0n) is 11.6. The van der Waals surface area contributed by atoms with Crippen LogP contribution in [0, 0.1) is 6.92 Å². The van der Waals surface area contributed by atoms with Gasteiger partial charge in [-0.25, -0.2) is 0 Å². The molecule has 0 saturated carbocycles. The van der Waals surface area contributed by atoms with Crippen molar-refractivity contribution in [1.82, 2.24) is 0 Å². The number of likely N-dealkylation sites (tertiary alicyclic amines) is 1. The Morgan fingerprint density at radius 1 is 1.16 bits per heavy atom. The largest absolute Gasteiger partial charge is 0.324 e. The van der Waals surface area contributed by atoms with Crippen LogP contribution < -0.4 is 0 Å². The molecule has 0 spiro atoms. The van der Waals surface area contributed by atoms with Gasteiger partial charge >= 0.3 is 0 Å². The third-order valence-electron chi connectivity index (χ3n) is 3.83. The van der Waals surface area contributed by atoms with Crippen molar-refractivity contribution in [2.45, 2.75) is 24.7 Å². The normalized spacial score (nSPS) is 18.6. The zero-order valence-corrected chi connectivity index (χ0v) is 12.4. The summed E-state index contributed by atoms with van der Waals surface area (Å²) in [7, 11) is -1.44. The van der Waals surface area contributed by atoms with Crippen molar-refractivity contribution in [2.75, 3.05) is 33.3 Å². The summed E-state index contributed by atoms with van der Waals surface area (Å²) in [6.45, 7) is 5.18. The van der Waals surface area contributed by atoms with Crippen LogP contribution in [0.3, 0.4) is 0 Å². The molecular formula is C14H22NO3S+. The van der Waals surface area contributed by atoms with E-state index >= 15 is 0 Å². The minimum absolute atomic E-state index is 0.238. The summed E-state index contributed by atoms with van der Waals surface area (Å²) >= 11 is 0. The summed E-state index contributed by atoms with van der Waals surface area (Å²) in [5.74, 6) is 0. The number of aryl methyl sites for hydroxylation is 1. The average molecular weight is 284 g/mol. The Balaban J connectivity index is 1.92. The Bertz CT molecular complexity index is 516. The zero-order chi connectivity index (χ0) is 13.9. The van der Waals surface area contributed by atoms with E-state index in [9.17, 15) is 8.42 Å². The molecule has 0 aliphatic carbocycles. The van der Waals surface area contributed by atoms with Crippen LogP contribution in [0.5, 0.6) is 0 Å². The highest BCUT2D eigenvalue weighted by molar-refractivity contribution is 7.86. The van der Waals surface area contributed by atoms with Crippen LogP contribution in [0.1, 0.15) is 18.4 Å². The lowest BCUT2D eigenvalue weighted by Gasteiger charge is -2.28. The predicted molar refractivity (Wildman–Crippen MR) is 74.3 cm³/mol. The van der Waals surface area contributed by atoms with Crippen LogP contribution in [-0.2, 0) is 14.3 Å². The minimum Gasteiger partial charge on any atom is -0.324 e. The molecule has 1 aromatic rings. The highest BCUT2D eigenvalue weighted by atomic mass is 32.2. The van der Waals surface area contributed by atoms with E-state index in [1.807, 2.05) is 6.92 Å². The number of hydrogen-bond acceptors (Lipinski definition) is 3. The number of nitrogens with zero attached hydrogens (tertiary/aromatic N) is 1. The number of hydrogen-bond donors (Lipinski definition) is 0. The lowest BCUT2D eigenvalue weighted by atomic mass is 10.2. The van der Waals surface area contributed by atoms with E-state index in [1.54, 1.807) is 24.3 Å². The van der Waals surface area contributed by atoms with Crippen molar-refractivity contribution in [2.24, 2.45) is 0 Å². The lowest BCUT2D eigenvalue weighted by Crippen LogP contribution is -2.43. The van der Waals surface area contributed by atoms with Crippen LogP contribution in [0.4, 0.5) is 0 Å². The monoisotopic (exact) mass is 284 g/mol. The first-order valence-corrected chi connectivity index (χ1v) is 8.12. The number of rotatable bonds is 5. The van der Waals surface area contributed by atoms with Gasteiger partial charge in [-0.1, -0.05) is 17.7 Å². The third-order valence-corrected chi connectivity index (χ3v) is 5.15. The Hall–Kier alpha value is -0.910. The SMILES string of the molecule is Cc1ccc(S(=O)(=O)OCC[N+]2(C)CCCC2)cc1. The summed E-state index contributed by atoms with van der Waals surface area (Å²) < 4.78 is 30.0. The van der Waals surface area contributed by atoms with Gasteiger partial charge < -0.3 is 4.48 Å². The first-order valence-electron chi connectivity index (χ1n) is 6.71. The van der Waals surface area contributed by atoms with Crippen molar-refractivity contribution >= 4 is 10.1 Å². The van der Waals surface area contributed by atoms with E-state index in [-0.39, 0.29) is 11.5 Å². The van der Waals surface area contributed by atoms with E-state index in [1.165, 1.54) is 12.8 Å². The molecule has 1 heterocycles. The molecule has 0 bridgehead atoms. The highest BCUT2D eigenvalue weighted by Gasteiger charge is 2.27. The number of quaternary nitrogens is 1. The standard InChI is InChI=1S/C14H22NO3S/c1-13-5-7-14(8-6-13)19(16,17)18-12-11-15(2)9-3-4-10-15/h5-8H,3-4,9-12H2,1-2H3/q+1. The molecule has 0 radical (unpaired) electrons. The first-order chi connectivity index (χ1) is 8.91. The second kappa shape index (κ2) is 5.61. The summed E-state index contributed by atoms with van der Waals surface area (Å²) in [6.07, 6.45) is 2.45. The summed E-state index contributed by atoms with van der Waals surface area (Å²) in [5.41, 5.74) is 1.04. The Morgan fingerprint density at radius 2 is 1.74 bits per heavy atom. The molecule has 4 nitrogen and oxygen atoms in total. The molecular weight excluding hydrogens is 262 g/mol. The maximum Gasteiger partial charge on any atom is 0.297 e. The smallest absolute Gasteiger partial charge is 0.297 e. The van der Waals surface area contributed by atoms with Gasteiger partial charge in [-0.15, -0.1) is 0 Å². The highest BCUT2D eigenvalue weighted by Crippen LogP contribution is 2.17. The Labute approximate surface area is 115 Å². The minimum atomic E-state index is -3.61. The fourth-order valence-corrected chi connectivity index (χ4v) is 3.36. The summed E-state index contributed by atoms with van der Waals surface area (Å²) in [6, 6.07) is 6.75. The summed E-state index contributed by atoms with van der Waals surface area (Å²) in [5, 5.41) is 0. The van der Waals surface area contributed by atoms with Gasteiger partial charge in [0.05, 0.1) is 25.0 Å². The Kier molecular flexibility index (Phi) is 4.28. The molecule has 0 unspecified atom stereocenters. The van der Waals surface area contributed by atoms with Gasteiger partial charge in [0.1, 0.15) is 13.2 Å². The molecule has 1 saturated heterocycles. The Morgan fingerprint density at radius 3 is 2.32 bits per heavy atom. The topological polar surface area (TPSA) is 43.4 Å². The van der Waals surface area contributed by atoms with E-state index in [4.69, 9.17) is 4.18 Å². The van der Waals surface area contributed by atoms with E-state index in [0.717, 1.165) is 29.7 Å². The van der Waals surface area contributed by atoms with Gasteiger partial charge in [0.25, 0.3) is 10.1 Å². The van der Waals surface area contributed by atoms with Crippen molar-refractivity contribution in [3.63, 3.8) is 0 Å². The van der Waals surface area contributed by atoms with Crippen LogP contribution >= 0.6 is 0 Å². The van der Waals surface area contributed by atoms with Crippen LogP contribution in [0.15, 0.2) is 29.2 Å². The molecule has 0 amide bonds. The van der Waals surface area contributed by atoms with Gasteiger partial charge in [0.2, 0.25) is 0 Å². The van der Waals surface area contributed by atoms with Crippen LogP contribution in [0.25, 0.3) is 0 Å². The average Bonchev–Trinajstić information content (AvgIpc) is 2.76. The molecule has 0 aromatic heterocycles. The second-order valence-corrected chi connectivity index (χ2v) is 7.20. The first kappa shape index (κ1) is 14.5. The second-order valence-electron chi connectivity index (χ2n) is 5.59. The van der Waals surface area contributed by atoms with Crippen molar-refractivity contribution < 1.29 is 17.1 Å². The van der Waals surface area contributed by atoms with Gasteiger partial charge in [0, 0.05) is 12.8 Å². The summed E-state index contributed by atoms with van der Waals surface area (Å²) in [4.78, 5) is 0.238. The number of likely N-dealkylation sites (N-methyl/N-ethyl adjacent to an activating group) is 1. The van der Waals surface area contributed by atoms with Gasteiger partial charge in [-0.2, -0.15) is 8.42 Å². The molecule has 2 rings (SSSR count). The predicted octanol–water partition coefficient (Wildman–Crippen LogP) is 1.94. The quantitative estimate of drug-likeness (QED) is 0.613. The van der Waals surface area contributed by atoms with Crippen LogP contribution in [0.2, 0.25) is 0 Å². The lowest BCUT2D eigenvalue weighted by molar-refractivity contribution is -0.897. The maximum atomic E-state index is 12.0. The van der Waals surface area contributed by atoms with Crippen molar-refractivity contribution in [3.05, 3.63) is 29.8 Å². The van der Waals surface area contributed by atoms with Gasteiger partial charge in [0.15, 0.2) is 0 Å². The number of benzene rings is 1. The van der Waals surface area contributed by atoms with E-state index < -0.39 is 10.1 Å². The molecule has 1 aliphatic rings. The van der Waals surface area contributed by atoms with Gasteiger partial charge in [-0.3, -0.25) is 4.18 Å². The molecule has 19 heavy (non-hydrogen) atoms. The molecule has 106 valence electrons. The molecule has 0 atom stereocenters.